The molecule has 0 aliphatic heterocycles. The Morgan fingerprint density at radius 2 is 1.81 bits per heavy atom. The molecule has 112 valence electrons. The Kier molecular flexibility index (Phi) is 5.48. The third kappa shape index (κ3) is 4.10. The van der Waals surface area contributed by atoms with Crippen LogP contribution in [-0.4, -0.2) is 26.0 Å². The number of benzene rings is 2. The van der Waals surface area contributed by atoms with Gasteiger partial charge in [-0.3, -0.25) is 0 Å². The number of hydrogen-bond donors (Lipinski definition) is 0. The van der Waals surface area contributed by atoms with Gasteiger partial charge in [-0.25, -0.2) is 8.42 Å². The van der Waals surface area contributed by atoms with E-state index < -0.39 is 10.0 Å². The van der Waals surface area contributed by atoms with Crippen LogP contribution in [0.4, 0.5) is 0 Å². The van der Waals surface area contributed by atoms with Gasteiger partial charge in [0.2, 0.25) is 10.0 Å². The summed E-state index contributed by atoms with van der Waals surface area (Å²) >= 11 is 4.96. The summed E-state index contributed by atoms with van der Waals surface area (Å²) in [5.74, 6) is 0. The quantitative estimate of drug-likeness (QED) is 0.730. The summed E-state index contributed by atoms with van der Waals surface area (Å²) in [6.07, 6.45) is 2.01. The molecule has 0 saturated heterocycles. The molecule has 0 amide bonds. The highest BCUT2D eigenvalue weighted by Crippen LogP contribution is 2.21. The standard InChI is InChI=1S/C15H16BrNO2S2/c1-17(11-12-6-8-14(20-2)9-7-12)21(18,19)15-5-3-4-13(16)10-15/h3-10H,11H2,1-2H3. The van der Waals surface area contributed by atoms with Gasteiger partial charge >= 0.3 is 0 Å². The summed E-state index contributed by atoms with van der Waals surface area (Å²) in [4.78, 5) is 1.45. The molecule has 0 aliphatic carbocycles. The first-order valence-electron chi connectivity index (χ1n) is 6.28. The predicted octanol–water partition coefficient (Wildman–Crippen LogP) is 3.99. The van der Waals surface area contributed by atoms with Gasteiger partial charge in [0.25, 0.3) is 0 Å². The fraction of sp³-hybridized carbons (Fsp3) is 0.200. The smallest absolute Gasteiger partial charge is 0.207 e. The minimum atomic E-state index is -3.48. The maximum atomic E-state index is 12.5. The van der Waals surface area contributed by atoms with Crippen molar-refractivity contribution in [3.05, 3.63) is 58.6 Å². The highest BCUT2D eigenvalue weighted by atomic mass is 79.9. The number of halogens is 1. The lowest BCUT2D eigenvalue weighted by Crippen LogP contribution is -2.26. The first-order valence-corrected chi connectivity index (χ1v) is 9.74. The minimum absolute atomic E-state index is 0.292. The van der Waals surface area contributed by atoms with Crippen molar-refractivity contribution in [3.8, 4) is 0 Å². The summed E-state index contributed by atoms with van der Waals surface area (Å²) < 4.78 is 27.1. The summed E-state index contributed by atoms with van der Waals surface area (Å²) in [5.41, 5.74) is 0.967. The van der Waals surface area contributed by atoms with Gasteiger partial charge in [-0.1, -0.05) is 34.1 Å². The molecule has 0 N–H and O–H groups in total. The van der Waals surface area contributed by atoms with E-state index >= 15 is 0 Å². The normalized spacial score (nSPS) is 11.8. The van der Waals surface area contributed by atoms with Crippen molar-refractivity contribution in [1.82, 2.24) is 4.31 Å². The molecular formula is C15H16BrNO2S2. The van der Waals surface area contributed by atoms with Gasteiger partial charge in [-0.15, -0.1) is 11.8 Å². The zero-order valence-corrected chi connectivity index (χ0v) is 15.0. The third-order valence-corrected chi connectivity index (χ3v) is 6.10. The van der Waals surface area contributed by atoms with Crippen molar-refractivity contribution in [2.45, 2.75) is 16.3 Å². The number of sulfonamides is 1. The van der Waals surface area contributed by atoms with Gasteiger partial charge < -0.3 is 0 Å². The van der Waals surface area contributed by atoms with E-state index in [0.29, 0.717) is 11.4 Å². The summed E-state index contributed by atoms with van der Waals surface area (Å²) in [7, 11) is -1.88. The van der Waals surface area contributed by atoms with Gasteiger partial charge in [0.15, 0.2) is 0 Å². The Morgan fingerprint density at radius 3 is 2.38 bits per heavy atom. The van der Waals surface area contributed by atoms with Crippen LogP contribution in [0, 0.1) is 0 Å². The van der Waals surface area contributed by atoms with Crippen LogP contribution in [0.15, 0.2) is 62.8 Å². The molecule has 0 aliphatic rings. The van der Waals surface area contributed by atoms with Crippen LogP contribution in [0.5, 0.6) is 0 Å². The molecule has 0 unspecified atom stereocenters. The SMILES string of the molecule is CSc1ccc(CN(C)S(=O)(=O)c2cccc(Br)c2)cc1. The molecular weight excluding hydrogens is 370 g/mol. The van der Waals surface area contributed by atoms with E-state index in [0.717, 1.165) is 14.9 Å². The van der Waals surface area contributed by atoms with Crippen LogP contribution in [-0.2, 0) is 16.6 Å². The largest absolute Gasteiger partial charge is 0.243 e. The van der Waals surface area contributed by atoms with E-state index in [4.69, 9.17) is 0 Å². The Labute approximate surface area is 138 Å². The zero-order valence-electron chi connectivity index (χ0n) is 11.8. The van der Waals surface area contributed by atoms with Crippen molar-refractivity contribution < 1.29 is 8.42 Å². The third-order valence-electron chi connectivity index (χ3n) is 3.07. The number of thioether (sulfide) groups is 1. The zero-order chi connectivity index (χ0) is 15.5. The molecule has 0 aromatic heterocycles. The van der Waals surface area contributed by atoms with Crippen LogP contribution in [0.1, 0.15) is 5.56 Å². The molecule has 21 heavy (non-hydrogen) atoms. The van der Waals surface area contributed by atoms with E-state index in [1.807, 2.05) is 30.5 Å². The first kappa shape index (κ1) is 16.5. The molecule has 0 saturated carbocycles. The maximum Gasteiger partial charge on any atom is 0.243 e. The summed E-state index contributed by atoms with van der Waals surface area (Å²) in [6.45, 7) is 0.351. The molecule has 0 spiro atoms. The fourth-order valence-electron chi connectivity index (χ4n) is 1.88. The molecule has 0 atom stereocenters. The van der Waals surface area contributed by atoms with E-state index in [-0.39, 0.29) is 0 Å². The molecule has 0 heterocycles. The van der Waals surface area contributed by atoms with E-state index in [1.165, 1.54) is 4.31 Å². The second-order valence-corrected chi connectivity index (χ2v) is 8.41. The second kappa shape index (κ2) is 6.96. The molecule has 0 bridgehead atoms. The highest BCUT2D eigenvalue weighted by molar-refractivity contribution is 9.10. The van der Waals surface area contributed by atoms with Crippen LogP contribution in [0.3, 0.4) is 0 Å². The average molecular weight is 386 g/mol. The fourth-order valence-corrected chi connectivity index (χ4v) is 4.04. The van der Waals surface area contributed by atoms with Crippen LogP contribution >= 0.6 is 27.7 Å². The molecule has 2 aromatic carbocycles. The monoisotopic (exact) mass is 385 g/mol. The number of nitrogens with zero attached hydrogens (tertiary/aromatic N) is 1. The molecule has 0 fully saturated rings. The molecule has 3 nitrogen and oxygen atoms in total. The lowest BCUT2D eigenvalue weighted by Gasteiger charge is -2.17. The molecule has 0 radical (unpaired) electrons. The Morgan fingerprint density at radius 1 is 1.14 bits per heavy atom. The van der Waals surface area contributed by atoms with Crippen LogP contribution in [0.25, 0.3) is 0 Å². The molecule has 6 heteroatoms. The van der Waals surface area contributed by atoms with Crippen LogP contribution < -0.4 is 0 Å². The first-order chi connectivity index (χ1) is 9.93. The van der Waals surface area contributed by atoms with E-state index in [2.05, 4.69) is 15.9 Å². The van der Waals surface area contributed by atoms with Crippen molar-refractivity contribution in [2.75, 3.05) is 13.3 Å². The number of rotatable bonds is 5. The van der Waals surface area contributed by atoms with Crippen LogP contribution in [0.2, 0.25) is 0 Å². The predicted molar refractivity (Wildman–Crippen MR) is 91.0 cm³/mol. The van der Waals surface area contributed by atoms with E-state index in [1.54, 1.807) is 43.1 Å². The van der Waals surface area contributed by atoms with Gasteiger partial charge in [0.1, 0.15) is 0 Å². The van der Waals surface area contributed by atoms with Gasteiger partial charge in [0, 0.05) is 23.0 Å². The van der Waals surface area contributed by atoms with Crippen molar-refractivity contribution in [2.24, 2.45) is 0 Å². The second-order valence-electron chi connectivity index (χ2n) is 4.57. The lowest BCUT2D eigenvalue weighted by atomic mass is 10.2. The lowest BCUT2D eigenvalue weighted by molar-refractivity contribution is 0.466. The van der Waals surface area contributed by atoms with Crippen molar-refractivity contribution in [1.29, 1.82) is 0 Å². The Balaban J connectivity index is 2.20. The van der Waals surface area contributed by atoms with E-state index in [9.17, 15) is 8.42 Å². The summed E-state index contributed by atoms with van der Waals surface area (Å²) in [5, 5.41) is 0. The summed E-state index contributed by atoms with van der Waals surface area (Å²) in [6, 6.07) is 14.7. The highest BCUT2D eigenvalue weighted by Gasteiger charge is 2.20. The van der Waals surface area contributed by atoms with Gasteiger partial charge in [-0.05, 0) is 42.2 Å². The molecule has 2 rings (SSSR count). The Hall–Kier alpha value is -0.820. The van der Waals surface area contributed by atoms with Gasteiger partial charge in [-0.2, -0.15) is 4.31 Å². The maximum absolute atomic E-state index is 12.5. The minimum Gasteiger partial charge on any atom is -0.207 e. The topological polar surface area (TPSA) is 37.4 Å². The van der Waals surface area contributed by atoms with Crippen molar-refractivity contribution in [3.63, 3.8) is 0 Å². The number of hydrogen-bond acceptors (Lipinski definition) is 3. The average Bonchev–Trinajstić information content (AvgIpc) is 2.48. The van der Waals surface area contributed by atoms with Gasteiger partial charge in [0.05, 0.1) is 4.90 Å². The van der Waals surface area contributed by atoms with Crippen molar-refractivity contribution >= 4 is 37.7 Å². The molecule has 2 aromatic rings. The Bertz CT molecular complexity index is 715.